The highest BCUT2D eigenvalue weighted by Gasteiger charge is 2.37. The number of aryl methyl sites for hydroxylation is 1. The number of alkyl halides is 3. The second-order valence-electron chi connectivity index (χ2n) is 34.3. The van der Waals surface area contributed by atoms with Crippen LogP contribution >= 0.6 is 34.8 Å². The molecule has 5 aliphatic heterocycles. The van der Waals surface area contributed by atoms with Crippen LogP contribution in [0.25, 0.3) is 89.0 Å². The van der Waals surface area contributed by atoms with Gasteiger partial charge in [0.2, 0.25) is 27.9 Å². The van der Waals surface area contributed by atoms with E-state index in [4.69, 9.17) is 54.2 Å². The van der Waals surface area contributed by atoms with E-state index in [0.29, 0.717) is 128 Å². The maximum Gasteiger partial charge on any atom is 0.417 e. The summed E-state index contributed by atoms with van der Waals surface area (Å²) in [4.78, 5) is 80.9. The van der Waals surface area contributed by atoms with Crippen LogP contribution in [0.15, 0.2) is 222 Å². The number of sulfonamides is 1. The molecule has 4 fully saturated rings. The predicted octanol–water partition coefficient (Wildman–Crippen LogP) is 18.4. The molecule has 14 aromatic rings. The molecule has 0 amide bonds. The number of fused-ring (bicyclic) bond motifs is 3. The van der Waals surface area contributed by atoms with Crippen molar-refractivity contribution in [1.82, 2.24) is 78.0 Å². The number of hydrogen-bond acceptors (Lipinski definition) is 21. The molecule has 0 bridgehead atoms. The van der Waals surface area contributed by atoms with Crippen molar-refractivity contribution in [3.05, 3.63) is 276 Å². The van der Waals surface area contributed by atoms with Crippen molar-refractivity contribution in [2.45, 2.75) is 109 Å². The first-order valence-corrected chi connectivity index (χ1v) is 46.9. The van der Waals surface area contributed by atoms with Crippen molar-refractivity contribution in [3.8, 4) is 61.6 Å². The Morgan fingerprint density at radius 2 is 1.16 bits per heavy atom. The number of piperidine rings is 2. The van der Waals surface area contributed by atoms with Gasteiger partial charge in [-0.3, -0.25) is 38.1 Å². The summed E-state index contributed by atoms with van der Waals surface area (Å²) in [5.74, 6) is 2.35. The highest BCUT2D eigenvalue weighted by molar-refractivity contribution is 7.88. The number of nitrogens with zero attached hydrogens (tertiary/aromatic N) is 15. The number of pyridine rings is 5. The molecule has 9 aromatic heterocycles. The van der Waals surface area contributed by atoms with Gasteiger partial charge >= 0.3 is 6.18 Å². The number of benzene rings is 5. The summed E-state index contributed by atoms with van der Waals surface area (Å²) >= 11 is 20.3. The highest BCUT2D eigenvalue weighted by Crippen LogP contribution is 2.42. The molecule has 0 spiro atoms. The quantitative estimate of drug-likeness (QED) is 0.0443. The molecule has 0 radical (unpaired) electrons. The number of anilines is 6. The van der Waals surface area contributed by atoms with E-state index in [1.807, 2.05) is 129 Å². The lowest BCUT2D eigenvalue weighted by atomic mass is 9.91. The third-order valence-electron chi connectivity index (χ3n) is 24.4. The standard InChI is InChI=1S/C33H34Cl2N6O.C33H33ClN8O4S.C32H31F3N6O2/c1-20(2)41-31-24(15-26(32(41)42)30-27(34)16-23(17-28(30)35)29-8-6-14-40(29)4)18-36-33(38-31)37-25-11-9-21(10-12-25)22-7-5-13-39(3)19-22;1-47(44,45)41-14-9-25(10-15-41)42-31-23(16-28(32(42)43)30-29(34)17-22(18-37-30)21-6-11-35-12-7-21)19-38-33(40-31)39-24-2-4-26(5-3-24)46-27-8-13-36-20-27;1-19(2)41-29-22(17-37-31(39-29)38-23-9-6-20(7-10-23)28-18-36-12-14-43-28)15-25(30(41)42)24-11-8-21(16-26(24)32(33,34)35)27-5-4-13-40(27)3/h6,8-12,14-18,20,22H,5,7,13,19H2,1-4H3,(H,36,37,38);2-7,11-12,16-19,25,27,36H,8-10,13-15,20H2,1H3,(H,38,39,40);4,6-11,13,15-17,19,28,36H,5,12,14,18H2,1-3H3/p+1. The lowest BCUT2D eigenvalue weighted by Crippen LogP contribution is -2.40. The summed E-state index contributed by atoms with van der Waals surface area (Å²) in [7, 11) is 2.59. The molecule has 132 heavy (non-hydrogen) atoms. The molecule has 3 atom stereocenters. The minimum atomic E-state index is -4.67. The van der Waals surface area contributed by atoms with Crippen LogP contribution in [0, 0.1) is 0 Å². The number of nitrogens with one attached hydrogen (secondary N) is 5. The lowest BCUT2D eigenvalue weighted by Gasteiger charge is -2.32. The van der Waals surface area contributed by atoms with Crippen LogP contribution in [-0.4, -0.2) is 171 Å². The largest absolute Gasteiger partial charge is 0.489 e. The van der Waals surface area contributed by atoms with Gasteiger partial charge in [0, 0.05) is 175 Å². The number of aromatic nitrogens is 12. The lowest BCUT2D eigenvalue weighted by molar-refractivity contribution is -0.418. The van der Waals surface area contributed by atoms with Gasteiger partial charge in [-0.25, -0.2) is 32.3 Å². The monoisotopic (exact) mass is 1860 g/mol. The Hall–Kier alpha value is -12.4. The molecular formula is C98H99Cl3F3N20O7S+. The molecule has 4 saturated heterocycles. The van der Waals surface area contributed by atoms with Gasteiger partial charge in [0.05, 0.1) is 62.8 Å². The Morgan fingerprint density at radius 3 is 1.70 bits per heavy atom. The zero-order valence-electron chi connectivity index (χ0n) is 73.9. The molecule has 19 rings (SSSR count). The summed E-state index contributed by atoms with van der Waals surface area (Å²) < 4.78 is 89.5. The number of allylic oxidation sites excluding steroid dienone is 1. The van der Waals surface area contributed by atoms with Crippen molar-refractivity contribution in [3.63, 3.8) is 0 Å². The SMILES string of the molecule is CC(C)n1c(=O)c(-c2c(Cl)cc(-c3cccn3C)cc2Cl)cc2cnc(Nc3ccc(C4CCCN(C)C4)cc3)nc21.CC(C)n1c(=O)c(-c2ccc(C3=[N+](C)C=CC3)cc2C(F)(F)F)cc2cnc(Nc3ccc(C4CNCCO4)cc3)nc21.CS(=O)(=O)N1CCC(n2c(=O)c(-c3ncc(-c4ccncc4)cc3Cl)cc3cnc(Nc4ccc(OC5CCNC5)cc4)nc32)CC1. The zero-order chi connectivity index (χ0) is 92.4. The summed E-state index contributed by atoms with van der Waals surface area (Å²) in [6, 6.07) is 45.3. The van der Waals surface area contributed by atoms with Gasteiger partial charge in [-0.05, 0) is 236 Å². The first-order valence-electron chi connectivity index (χ1n) is 43.9. The Balaban J connectivity index is 0.000000139. The van der Waals surface area contributed by atoms with Crippen molar-refractivity contribution in [1.29, 1.82) is 0 Å². The molecule has 27 nitrogen and oxygen atoms in total. The Morgan fingerprint density at radius 1 is 0.583 bits per heavy atom. The average molecular weight is 1860 g/mol. The maximum atomic E-state index is 14.4. The molecule has 0 saturated carbocycles. The maximum absolute atomic E-state index is 14.4. The van der Waals surface area contributed by atoms with Gasteiger partial charge in [-0.1, -0.05) is 65.1 Å². The molecule has 14 heterocycles. The van der Waals surface area contributed by atoms with Crippen LogP contribution in [-0.2, 0) is 28.0 Å². The summed E-state index contributed by atoms with van der Waals surface area (Å²) in [6.45, 7) is 14.4. The van der Waals surface area contributed by atoms with E-state index in [1.165, 1.54) is 58.4 Å². The van der Waals surface area contributed by atoms with Gasteiger partial charge in [0.1, 0.15) is 35.8 Å². The molecule has 5 aromatic carbocycles. The Kier molecular flexibility index (Phi) is 27.1. The van der Waals surface area contributed by atoms with Crippen LogP contribution in [0.4, 0.5) is 48.1 Å². The fourth-order valence-corrected chi connectivity index (χ4v) is 19.6. The topological polar surface area (TPSA) is 296 Å². The van der Waals surface area contributed by atoms with Crippen molar-refractivity contribution in [2.75, 3.05) is 95.3 Å². The second-order valence-corrected chi connectivity index (χ2v) is 37.5. The van der Waals surface area contributed by atoms with E-state index >= 15 is 0 Å². The van der Waals surface area contributed by atoms with E-state index in [-0.39, 0.29) is 58.5 Å². The number of halogens is 6. The summed E-state index contributed by atoms with van der Waals surface area (Å²) in [5, 5.41) is 19.3. The van der Waals surface area contributed by atoms with E-state index in [9.17, 15) is 36.0 Å². The first kappa shape index (κ1) is 91.5. The second kappa shape index (κ2) is 39.2. The third-order valence-corrected chi connectivity index (χ3v) is 26.6. The molecule has 5 aliphatic rings. The number of rotatable bonds is 20. The molecule has 5 N–H and O–H groups in total. The molecule has 680 valence electrons. The van der Waals surface area contributed by atoms with E-state index in [0.717, 1.165) is 107 Å². The predicted molar refractivity (Wildman–Crippen MR) is 515 cm³/mol. The zero-order valence-corrected chi connectivity index (χ0v) is 77.0. The van der Waals surface area contributed by atoms with Gasteiger partial charge in [-0.15, -0.1) is 0 Å². The normalized spacial score (nSPS) is 17.0. The van der Waals surface area contributed by atoms with Crippen molar-refractivity contribution >= 4 is 119 Å². The Bertz CT molecular complexity index is 7020. The van der Waals surface area contributed by atoms with Crippen LogP contribution in [0.5, 0.6) is 5.75 Å². The number of ether oxygens (including phenoxy) is 2. The first-order chi connectivity index (χ1) is 63.5. The van der Waals surface area contributed by atoms with Gasteiger partial charge in [0.25, 0.3) is 16.7 Å². The van der Waals surface area contributed by atoms with Crippen molar-refractivity contribution in [2.24, 2.45) is 7.05 Å². The minimum Gasteiger partial charge on any atom is -0.489 e. The van der Waals surface area contributed by atoms with Gasteiger partial charge in [-0.2, -0.15) is 28.1 Å². The van der Waals surface area contributed by atoms with Crippen LogP contribution in [0.1, 0.15) is 119 Å². The summed E-state index contributed by atoms with van der Waals surface area (Å²) in [6.07, 6.45) is 17.2. The van der Waals surface area contributed by atoms with E-state index < -0.39 is 27.3 Å². The molecular weight excluding hydrogens is 1760 g/mol. The molecule has 3 unspecified atom stereocenters. The van der Waals surface area contributed by atoms with Crippen LogP contribution in [0.3, 0.4) is 0 Å². The fraction of sp³-hybridized carbons (Fsp3) is 0.306. The smallest absolute Gasteiger partial charge is 0.417 e. The highest BCUT2D eigenvalue weighted by atomic mass is 35.5. The van der Waals surface area contributed by atoms with Crippen LogP contribution < -0.4 is 48.0 Å². The van der Waals surface area contributed by atoms with Crippen LogP contribution in [0.2, 0.25) is 15.1 Å². The molecule has 34 heteroatoms. The number of likely N-dealkylation sites (N-methyl/N-ethyl adjacent to an activating group) is 1. The average Bonchev–Trinajstić information content (AvgIpc) is 0.867. The molecule has 0 aliphatic carbocycles. The summed E-state index contributed by atoms with van der Waals surface area (Å²) in [5.41, 5.74) is 10.3. The minimum absolute atomic E-state index is 0.0109. The van der Waals surface area contributed by atoms with E-state index in [1.54, 1.807) is 89.9 Å². The van der Waals surface area contributed by atoms with Gasteiger partial charge in [0.15, 0.2) is 11.9 Å². The number of hydrogen-bond donors (Lipinski definition) is 5. The fourth-order valence-electron chi connectivity index (χ4n) is 17.7. The third kappa shape index (κ3) is 20.2. The van der Waals surface area contributed by atoms with Crippen molar-refractivity contribution < 1.29 is 35.6 Å². The van der Waals surface area contributed by atoms with Gasteiger partial charge < -0.3 is 45.5 Å². The number of likely N-dealkylation sites (tertiary alicyclic amines) is 1. The van der Waals surface area contributed by atoms with E-state index in [2.05, 4.69) is 92.7 Å². The number of morpholine rings is 1. The Labute approximate surface area is 775 Å².